The number of aliphatic carboxylic acids is 2. The Morgan fingerprint density at radius 1 is 0.778 bits per heavy atom. The minimum atomic E-state index is -0.888. The quantitative estimate of drug-likeness (QED) is 0.112. The van der Waals surface area contributed by atoms with Gasteiger partial charge in [-0.05, 0) is 47.3 Å². The summed E-state index contributed by atoms with van der Waals surface area (Å²) in [7, 11) is 0. The maximum atomic E-state index is 11.9. The molecule has 11 heteroatoms. The van der Waals surface area contributed by atoms with Crippen LogP contribution in [0.4, 0.5) is 0 Å². The van der Waals surface area contributed by atoms with E-state index < -0.39 is 23.8 Å². The highest BCUT2D eigenvalue weighted by atomic mass is 32.1. The highest BCUT2D eigenvalue weighted by Gasteiger charge is 2.29. The second-order valence-corrected chi connectivity index (χ2v) is 11.9. The molecule has 3 rings (SSSR count). The molecule has 45 heavy (non-hydrogen) atoms. The van der Waals surface area contributed by atoms with Gasteiger partial charge in [0, 0.05) is 43.4 Å². The number of Topliss-reactive ketones (excluding diaryl/α,β-unsaturated/α-hetero) is 2. The number of esters is 1. The van der Waals surface area contributed by atoms with Crippen LogP contribution >= 0.6 is 25.3 Å². The van der Waals surface area contributed by atoms with Gasteiger partial charge in [-0.15, -0.1) is 0 Å². The van der Waals surface area contributed by atoms with Crippen LogP contribution in [0.25, 0.3) is 11.1 Å². The second kappa shape index (κ2) is 21.6. The molecule has 1 aliphatic rings. The van der Waals surface area contributed by atoms with E-state index in [-0.39, 0.29) is 48.2 Å². The Hall–Kier alpha value is -3.15. The van der Waals surface area contributed by atoms with Crippen LogP contribution in [0, 0.1) is 17.8 Å². The van der Waals surface area contributed by atoms with Crippen molar-refractivity contribution in [2.24, 2.45) is 23.5 Å². The summed E-state index contributed by atoms with van der Waals surface area (Å²) in [6.45, 7) is 5.80. The summed E-state index contributed by atoms with van der Waals surface area (Å²) in [5, 5.41) is 17.3. The molecule has 0 aliphatic heterocycles. The van der Waals surface area contributed by atoms with Gasteiger partial charge in [0.05, 0.1) is 11.8 Å². The van der Waals surface area contributed by atoms with Crippen molar-refractivity contribution in [2.45, 2.75) is 65.2 Å². The largest absolute Gasteiger partial charge is 0.481 e. The SMILES string of the molecule is CC(CCC(=O)CS)C(=O)O.CC(CCC(=O)OCC1c2ccccc2-c2ccccc21)C(=O)O.CC(CN)C(=O)CCCS. The summed E-state index contributed by atoms with van der Waals surface area (Å²) >= 11 is 7.78. The molecular formula is C34H47NO8S2. The average molecular weight is 662 g/mol. The zero-order valence-electron chi connectivity index (χ0n) is 26.3. The van der Waals surface area contributed by atoms with Gasteiger partial charge in [-0.2, -0.15) is 25.3 Å². The molecule has 0 saturated heterocycles. The summed E-state index contributed by atoms with van der Waals surface area (Å²) in [6, 6.07) is 16.3. The van der Waals surface area contributed by atoms with Crippen molar-refractivity contribution >= 4 is 54.7 Å². The van der Waals surface area contributed by atoms with Crippen LogP contribution in [0.2, 0.25) is 0 Å². The summed E-state index contributed by atoms with van der Waals surface area (Å²) in [5.74, 6) is -1.74. The number of ketones is 2. The van der Waals surface area contributed by atoms with Gasteiger partial charge in [-0.25, -0.2) is 0 Å². The Labute approximate surface area is 277 Å². The van der Waals surface area contributed by atoms with E-state index in [1.807, 2.05) is 31.2 Å². The molecule has 0 heterocycles. The molecule has 248 valence electrons. The second-order valence-electron chi connectivity index (χ2n) is 11.1. The molecule has 0 fully saturated rings. The lowest BCUT2D eigenvalue weighted by molar-refractivity contribution is -0.146. The fourth-order valence-corrected chi connectivity index (χ4v) is 4.67. The van der Waals surface area contributed by atoms with Gasteiger partial charge in [-0.3, -0.25) is 24.0 Å². The predicted octanol–water partition coefficient (Wildman–Crippen LogP) is 5.69. The van der Waals surface area contributed by atoms with Gasteiger partial charge < -0.3 is 20.7 Å². The minimum Gasteiger partial charge on any atom is -0.481 e. The number of benzene rings is 2. The number of thiol groups is 2. The monoisotopic (exact) mass is 661 g/mol. The number of carbonyl (C=O) groups excluding carboxylic acids is 3. The number of rotatable bonds is 16. The van der Waals surface area contributed by atoms with Crippen LogP contribution in [-0.2, 0) is 28.7 Å². The van der Waals surface area contributed by atoms with Gasteiger partial charge in [-0.1, -0.05) is 69.3 Å². The zero-order valence-corrected chi connectivity index (χ0v) is 28.1. The summed E-state index contributed by atoms with van der Waals surface area (Å²) in [6.07, 6.45) is 2.65. The van der Waals surface area contributed by atoms with Crippen molar-refractivity contribution in [3.05, 3.63) is 59.7 Å². The van der Waals surface area contributed by atoms with Crippen LogP contribution in [-0.4, -0.2) is 64.3 Å². The first-order valence-electron chi connectivity index (χ1n) is 15.1. The maximum absolute atomic E-state index is 11.9. The van der Waals surface area contributed by atoms with E-state index in [0.29, 0.717) is 32.2 Å². The van der Waals surface area contributed by atoms with E-state index in [1.165, 1.54) is 22.3 Å². The first-order chi connectivity index (χ1) is 21.4. The van der Waals surface area contributed by atoms with E-state index in [0.717, 1.165) is 12.2 Å². The summed E-state index contributed by atoms with van der Waals surface area (Å²) in [4.78, 5) is 54.7. The highest BCUT2D eigenvalue weighted by molar-refractivity contribution is 7.81. The van der Waals surface area contributed by atoms with Crippen LogP contribution in [0.15, 0.2) is 48.5 Å². The molecule has 0 aromatic heterocycles. The molecular weight excluding hydrogens is 615 g/mol. The Morgan fingerprint density at radius 3 is 1.71 bits per heavy atom. The highest BCUT2D eigenvalue weighted by Crippen LogP contribution is 2.44. The summed E-state index contributed by atoms with van der Waals surface area (Å²) in [5.41, 5.74) is 10.0. The first-order valence-corrected chi connectivity index (χ1v) is 16.4. The number of hydrogen-bond acceptors (Lipinski definition) is 9. The lowest BCUT2D eigenvalue weighted by Gasteiger charge is -2.14. The molecule has 2 aromatic carbocycles. The van der Waals surface area contributed by atoms with Crippen LogP contribution in [0.5, 0.6) is 0 Å². The molecule has 3 unspecified atom stereocenters. The number of carboxylic acid groups (broad SMARTS) is 2. The molecule has 0 radical (unpaired) electrons. The number of carboxylic acids is 2. The number of carbonyl (C=O) groups is 5. The van der Waals surface area contributed by atoms with E-state index in [1.54, 1.807) is 13.8 Å². The fourth-order valence-electron chi connectivity index (χ4n) is 4.36. The zero-order chi connectivity index (χ0) is 33.9. The molecule has 0 bridgehead atoms. The van der Waals surface area contributed by atoms with Crippen LogP contribution < -0.4 is 5.73 Å². The fraction of sp³-hybridized carbons (Fsp3) is 0.500. The van der Waals surface area contributed by atoms with Gasteiger partial charge in [0.25, 0.3) is 0 Å². The van der Waals surface area contributed by atoms with Gasteiger partial charge in [0.2, 0.25) is 0 Å². The first kappa shape index (κ1) is 39.9. The third-order valence-corrected chi connectivity index (χ3v) is 8.18. The van der Waals surface area contributed by atoms with Gasteiger partial charge in [0.15, 0.2) is 0 Å². The lowest BCUT2D eigenvalue weighted by Crippen LogP contribution is -2.20. The molecule has 9 nitrogen and oxygen atoms in total. The third kappa shape index (κ3) is 14.2. The van der Waals surface area contributed by atoms with Crippen molar-refractivity contribution < 1.29 is 38.9 Å². The molecule has 1 aliphatic carbocycles. The Kier molecular flexibility index (Phi) is 19.1. The third-order valence-electron chi connectivity index (χ3n) is 7.52. The standard InChI is InChI=1S/C20H20O4.C7H15NOS.C7H12O3S/c1-13(20(22)23)10-11-19(21)24-12-18-16-8-4-2-6-14(16)15-7-3-5-9-17(15)18;1-6(5-8)7(9)3-2-4-10;1-5(7(9)10)2-3-6(8)4-11/h2-9,13,18H,10-12H2,1H3,(H,22,23);6,10H,2-5,8H2,1H3;5,11H,2-4H2,1H3,(H,9,10). The minimum absolute atomic E-state index is 0.00133. The van der Waals surface area contributed by atoms with E-state index in [2.05, 4.69) is 49.5 Å². The number of nitrogens with two attached hydrogens (primary N) is 1. The number of fused-ring (bicyclic) bond motifs is 3. The molecule has 0 saturated carbocycles. The van der Waals surface area contributed by atoms with E-state index in [9.17, 15) is 24.0 Å². The topological polar surface area (TPSA) is 161 Å². The molecule has 0 amide bonds. The smallest absolute Gasteiger partial charge is 0.306 e. The molecule has 3 atom stereocenters. The summed E-state index contributed by atoms with van der Waals surface area (Å²) < 4.78 is 5.44. The van der Waals surface area contributed by atoms with Gasteiger partial charge >= 0.3 is 17.9 Å². The van der Waals surface area contributed by atoms with Crippen LogP contribution in [0.3, 0.4) is 0 Å². The van der Waals surface area contributed by atoms with Gasteiger partial charge in [0.1, 0.15) is 18.2 Å². The van der Waals surface area contributed by atoms with Crippen molar-refractivity contribution in [3.8, 4) is 11.1 Å². The number of hydrogen-bond donors (Lipinski definition) is 5. The van der Waals surface area contributed by atoms with E-state index in [4.69, 9.17) is 20.7 Å². The lowest BCUT2D eigenvalue weighted by atomic mass is 9.98. The molecule has 4 N–H and O–H groups in total. The molecule has 2 aromatic rings. The Morgan fingerprint density at radius 2 is 1.27 bits per heavy atom. The van der Waals surface area contributed by atoms with Crippen molar-refractivity contribution in [1.29, 1.82) is 0 Å². The Bertz CT molecular complexity index is 1220. The van der Waals surface area contributed by atoms with Crippen molar-refractivity contribution in [1.82, 2.24) is 0 Å². The van der Waals surface area contributed by atoms with Crippen LogP contribution in [0.1, 0.15) is 76.3 Å². The molecule has 0 spiro atoms. The Balaban J connectivity index is 0.000000403. The predicted molar refractivity (Wildman–Crippen MR) is 182 cm³/mol. The average Bonchev–Trinajstić information content (AvgIpc) is 3.37. The van der Waals surface area contributed by atoms with E-state index >= 15 is 0 Å². The van der Waals surface area contributed by atoms with Crippen molar-refractivity contribution in [2.75, 3.05) is 24.7 Å². The maximum Gasteiger partial charge on any atom is 0.306 e. The number of ether oxygens (including phenoxy) is 1. The normalized spacial score (nSPS) is 13.4. The van der Waals surface area contributed by atoms with Crippen molar-refractivity contribution in [3.63, 3.8) is 0 Å².